The Morgan fingerprint density at radius 3 is 2.95 bits per heavy atom. The lowest BCUT2D eigenvalue weighted by atomic mass is 10.1. The molecule has 0 N–H and O–H groups in total. The minimum atomic E-state index is -0.220. The number of hydrogen-bond acceptors (Lipinski definition) is 2. The highest BCUT2D eigenvalue weighted by Gasteiger charge is 2.21. The predicted octanol–water partition coefficient (Wildman–Crippen LogP) is 3.97. The van der Waals surface area contributed by atoms with Crippen LogP contribution in [0.2, 0.25) is 0 Å². The molecule has 1 saturated heterocycles. The molecule has 106 valence electrons. The number of hydrogen-bond donors (Lipinski definition) is 0. The molecule has 1 unspecified atom stereocenters. The molecule has 0 radical (unpaired) electrons. The van der Waals surface area contributed by atoms with Gasteiger partial charge in [0.05, 0.1) is 7.11 Å². The number of halogens is 2. The first-order valence-corrected chi connectivity index (χ1v) is 7.99. The van der Waals surface area contributed by atoms with Crippen molar-refractivity contribution in [2.45, 2.75) is 38.3 Å². The van der Waals surface area contributed by atoms with Crippen LogP contribution in [0.1, 0.15) is 31.2 Å². The second-order valence-corrected chi connectivity index (χ2v) is 5.71. The van der Waals surface area contributed by atoms with Gasteiger partial charge in [0, 0.05) is 23.5 Å². The van der Waals surface area contributed by atoms with Crippen LogP contribution in [0.4, 0.5) is 4.39 Å². The van der Waals surface area contributed by atoms with Crippen molar-refractivity contribution in [3.63, 3.8) is 0 Å². The van der Waals surface area contributed by atoms with Crippen molar-refractivity contribution in [2.75, 3.05) is 19.0 Å². The van der Waals surface area contributed by atoms with Gasteiger partial charge in [-0.1, -0.05) is 40.9 Å². The summed E-state index contributed by atoms with van der Waals surface area (Å²) in [4.78, 5) is 2.39. The zero-order valence-electron chi connectivity index (χ0n) is 11.4. The lowest BCUT2D eigenvalue weighted by Gasteiger charge is -2.28. The number of rotatable bonds is 4. The standard InChI is InChI=1S/C15H21BrFNO/c1-19-14-8-5-6-12(15(14)17)11-18-9-4-2-3-7-13(18)10-16/h5-6,8,13H,2-4,7,9-11H2,1H3. The molecule has 2 nitrogen and oxygen atoms in total. The molecule has 1 aromatic carbocycles. The highest BCUT2D eigenvalue weighted by molar-refractivity contribution is 9.09. The second kappa shape index (κ2) is 7.25. The van der Waals surface area contributed by atoms with E-state index in [4.69, 9.17) is 4.74 Å². The van der Waals surface area contributed by atoms with Crippen molar-refractivity contribution in [2.24, 2.45) is 0 Å². The highest BCUT2D eigenvalue weighted by Crippen LogP contribution is 2.25. The Bertz CT molecular complexity index is 413. The van der Waals surface area contributed by atoms with Gasteiger partial charge in [-0.2, -0.15) is 0 Å². The van der Waals surface area contributed by atoms with Gasteiger partial charge >= 0.3 is 0 Å². The fourth-order valence-corrected chi connectivity index (χ4v) is 3.41. The summed E-state index contributed by atoms with van der Waals surface area (Å²) in [6.45, 7) is 1.71. The SMILES string of the molecule is COc1cccc(CN2CCCCCC2CBr)c1F. The van der Waals surface area contributed by atoms with Crippen LogP contribution >= 0.6 is 15.9 Å². The molecule has 0 amide bonds. The number of ether oxygens (including phenoxy) is 1. The Balaban J connectivity index is 2.14. The smallest absolute Gasteiger partial charge is 0.169 e. The minimum absolute atomic E-state index is 0.220. The fourth-order valence-electron chi connectivity index (χ4n) is 2.67. The van der Waals surface area contributed by atoms with Gasteiger partial charge in [0.1, 0.15) is 0 Å². The van der Waals surface area contributed by atoms with Crippen LogP contribution < -0.4 is 4.74 Å². The van der Waals surface area contributed by atoms with Crippen molar-refractivity contribution < 1.29 is 9.13 Å². The van der Waals surface area contributed by atoms with Crippen molar-refractivity contribution in [1.29, 1.82) is 0 Å². The third-order valence-electron chi connectivity index (χ3n) is 3.81. The third kappa shape index (κ3) is 3.69. The number of likely N-dealkylation sites (tertiary alicyclic amines) is 1. The maximum Gasteiger partial charge on any atom is 0.169 e. The molecule has 1 aliphatic rings. The lowest BCUT2D eigenvalue weighted by molar-refractivity contribution is 0.206. The van der Waals surface area contributed by atoms with E-state index in [1.807, 2.05) is 12.1 Å². The summed E-state index contributed by atoms with van der Waals surface area (Å²) in [7, 11) is 1.51. The first kappa shape index (κ1) is 14.8. The molecule has 1 atom stereocenters. The van der Waals surface area contributed by atoms with Gasteiger partial charge in [-0.3, -0.25) is 4.90 Å². The molecule has 2 rings (SSSR count). The zero-order chi connectivity index (χ0) is 13.7. The van der Waals surface area contributed by atoms with Gasteiger partial charge < -0.3 is 4.74 Å². The molecule has 0 aliphatic carbocycles. The largest absolute Gasteiger partial charge is 0.494 e. The van der Waals surface area contributed by atoms with Crippen molar-refractivity contribution in [3.8, 4) is 5.75 Å². The zero-order valence-corrected chi connectivity index (χ0v) is 13.0. The molecule has 0 spiro atoms. The lowest BCUT2D eigenvalue weighted by Crippen LogP contribution is -2.35. The summed E-state index contributed by atoms with van der Waals surface area (Å²) in [6.07, 6.45) is 4.94. The molecule has 0 aromatic heterocycles. The van der Waals surface area contributed by atoms with Crippen LogP contribution in [0.25, 0.3) is 0 Å². The summed E-state index contributed by atoms with van der Waals surface area (Å²) in [6, 6.07) is 5.89. The van der Waals surface area contributed by atoms with E-state index in [0.717, 1.165) is 17.4 Å². The molecule has 4 heteroatoms. The summed E-state index contributed by atoms with van der Waals surface area (Å²) >= 11 is 3.59. The van der Waals surface area contributed by atoms with E-state index in [1.54, 1.807) is 6.07 Å². The average molecular weight is 330 g/mol. The third-order valence-corrected chi connectivity index (χ3v) is 4.56. The summed E-state index contributed by atoms with van der Waals surface area (Å²) in [5, 5.41) is 0.957. The highest BCUT2D eigenvalue weighted by atomic mass is 79.9. The number of alkyl halides is 1. The quantitative estimate of drug-likeness (QED) is 0.775. The molecule has 1 fully saturated rings. The molecule has 19 heavy (non-hydrogen) atoms. The fraction of sp³-hybridized carbons (Fsp3) is 0.600. The molecule has 0 saturated carbocycles. The molecule has 0 bridgehead atoms. The summed E-state index contributed by atoms with van der Waals surface area (Å²) in [5.41, 5.74) is 0.729. The first-order chi connectivity index (χ1) is 9.26. The number of methoxy groups -OCH3 is 1. The Labute approximate surface area is 123 Å². The number of benzene rings is 1. The normalized spacial score (nSPS) is 21.1. The summed E-state index contributed by atoms with van der Waals surface area (Å²) in [5.74, 6) is 0.116. The molecule has 1 aromatic rings. The van der Waals surface area contributed by atoms with Crippen LogP contribution in [-0.4, -0.2) is 29.9 Å². The predicted molar refractivity (Wildman–Crippen MR) is 79.4 cm³/mol. The van der Waals surface area contributed by atoms with Crippen LogP contribution in [-0.2, 0) is 6.54 Å². The van der Waals surface area contributed by atoms with Gasteiger partial charge in [0.2, 0.25) is 0 Å². The van der Waals surface area contributed by atoms with Crippen LogP contribution in [0.5, 0.6) is 5.75 Å². The Morgan fingerprint density at radius 1 is 1.37 bits per heavy atom. The van der Waals surface area contributed by atoms with E-state index in [1.165, 1.54) is 32.8 Å². The minimum Gasteiger partial charge on any atom is -0.494 e. The molecule has 1 heterocycles. The first-order valence-electron chi connectivity index (χ1n) is 6.87. The maximum absolute atomic E-state index is 14.2. The van der Waals surface area contributed by atoms with E-state index < -0.39 is 0 Å². The molecular weight excluding hydrogens is 309 g/mol. The van der Waals surface area contributed by atoms with E-state index in [9.17, 15) is 4.39 Å². The van der Waals surface area contributed by atoms with Crippen LogP contribution in [0.15, 0.2) is 18.2 Å². The van der Waals surface area contributed by atoms with Gasteiger partial charge in [0.25, 0.3) is 0 Å². The van der Waals surface area contributed by atoms with Crippen LogP contribution in [0, 0.1) is 5.82 Å². The van der Waals surface area contributed by atoms with E-state index in [2.05, 4.69) is 20.8 Å². The van der Waals surface area contributed by atoms with E-state index in [-0.39, 0.29) is 5.82 Å². The van der Waals surface area contributed by atoms with Gasteiger partial charge in [-0.05, 0) is 25.5 Å². The van der Waals surface area contributed by atoms with Gasteiger partial charge in [-0.15, -0.1) is 0 Å². The van der Waals surface area contributed by atoms with Crippen LogP contribution in [0.3, 0.4) is 0 Å². The summed E-state index contributed by atoms with van der Waals surface area (Å²) < 4.78 is 19.2. The Hall–Kier alpha value is -0.610. The van der Waals surface area contributed by atoms with E-state index in [0.29, 0.717) is 18.3 Å². The average Bonchev–Trinajstić information content (AvgIpc) is 2.66. The Kier molecular flexibility index (Phi) is 5.64. The Morgan fingerprint density at radius 2 is 2.21 bits per heavy atom. The topological polar surface area (TPSA) is 12.5 Å². The molecular formula is C15H21BrFNO. The van der Waals surface area contributed by atoms with Crippen molar-refractivity contribution in [1.82, 2.24) is 4.90 Å². The second-order valence-electron chi connectivity index (χ2n) is 5.06. The number of nitrogens with zero attached hydrogens (tertiary/aromatic N) is 1. The van der Waals surface area contributed by atoms with E-state index >= 15 is 0 Å². The maximum atomic E-state index is 14.2. The monoisotopic (exact) mass is 329 g/mol. The van der Waals surface area contributed by atoms with Crippen molar-refractivity contribution in [3.05, 3.63) is 29.6 Å². The molecule has 1 aliphatic heterocycles. The van der Waals surface area contributed by atoms with Gasteiger partial charge in [-0.25, -0.2) is 4.39 Å². The van der Waals surface area contributed by atoms with Gasteiger partial charge in [0.15, 0.2) is 11.6 Å². The van der Waals surface area contributed by atoms with Crippen molar-refractivity contribution >= 4 is 15.9 Å².